The molecular weight excluding hydrogens is 412 g/mol. The maximum Gasteiger partial charge on any atom is 0.295 e. The van der Waals surface area contributed by atoms with Gasteiger partial charge in [-0.3, -0.25) is 19.3 Å². The molecule has 1 amide bonds. The van der Waals surface area contributed by atoms with E-state index in [1.165, 1.54) is 4.90 Å². The molecule has 2 atom stereocenters. The van der Waals surface area contributed by atoms with Crippen LogP contribution in [0.1, 0.15) is 31.9 Å². The van der Waals surface area contributed by atoms with Gasteiger partial charge in [-0.15, -0.1) is 11.8 Å². The van der Waals surface area contributed by atoms with Crippen LogP contribution in [0.25, 0.3) is 0 Å². The van der Waals surface area contributed by atoms with Gasteiger partial charge < -0.3 is 4.74 Å². The number of anilines is 1. The number of carbonyl (C=O) groups is 3. The number of thioether (sulfide) groups is 1. The summed E-state index contributed by atoms with van der Waals surface area (Å²) in [5.74, 6) is -2.38. The van der Waals surface area contributed by atoms with Crippen LogP contribution in [-0.2, 0) is 14.4 Å². The fraction of sp³-hybridized carbons (Fsp3) is 0.333. The molecule has 0 aliphatic carbocycles. The first-order valence-electron chi connectivity index (χ1n) is 10.0. The predicted molar refractivity (Wildman–Crippen MR) is 119 cm³/mol. The summed E-state index contributed by atoms with van der Waals surface area (Å²) in [6.07, 6.45) is 2.15. The summed E-state index contributed by atoms with van der Waals surface area (Å²) in [5, 5.41) is 8.94. The Kier molecular flexibility index (Phi) is 7.13. The summed E-state index contributed by atoms with van der Waals surface area (Å²) in [5.41, 5.74) is 1.07. The second kappa shape index (κ2) is 9.80. The molecule has 2 unspecified atom stereocenters. The summed E-state index contributed by atoms with van der Waals surface area (Å²) in [6, 6.07) is 15.3. The Morgan fingerprint density at radius 2 is 1.84 bits per heavy atom. The topological polar surface area (TPSA) is 87.5 Å². The van der Waals surface area contributed by atoms with Crippen molar-refractivity contribution in [1.82, 2.24) is 0 Å². The van der Waals surface area contributed by atoms with E-state index >= 15 is 0 Å². The largest absolute Gasteiger partial charge is 0.478 e. The van der Waals surface area contributed by atoms with Crippen molar-refractivity contribution in [2.45, 2.75) is 31.2 Å². The zero-order valence-electron chi connectivity index (χ0n) is 17.7. The highest BCUT2D eigenvalue weighted by atomic mass is 32.2. The van der Waals surface area contributed by atoms with Gasteiger partial charge in [0, 0.05) is 22.6 Å². The predicted octanol–water partition coefficient (Wildman–Crippen LogP) is 4.20. The van der Waals surface area contributed by atoms with Gasteiger partial charge in [0.05, 0.1) is 6.04 Å². The van der Waals surface area contributed by atoms with Gasteiger partial charge in [0.15, 0.2) is 6.61 Å². The minimum Gasteiger partial charge on any atom is -0.478 e. The van der Waals surface area contributed by atoms with Crippen molar-refractivity contribution in [2.75, 3.05) is 17.8 Å². The highest BCUT2D eigenvalue weighted by Crippen LogP contribution is 2.44. The van der Waals surface area contributed by atoms with Gasteiger partial charge in [-0.2, -0.15) is 5.26 Å². The molecule has 2 aromatic carbocycles. The molecule has 1 heterocycles. The molecule has 2 aromatic rings. The van der Waals surface area contributed by atoms with Gasteiger partial charge >= 0.3 is 0 Å². The minimum absolute atomic E-state index is 0.0519. The number of amides is 1. The number of para-hydroxylation sites is 1. The summed E-state index contributed by atoms with van der Waals surface area (Å²) >= 11 is 1.57. The molecule has 7 heteroatoms. The second-order valence-electron chi connectivity index (χ2n) is 7.71. The smallest absolute Gasteiger partial charge is 0.295 e. The van der Waals surface area contributed by atoms with Crippen molar-refractivity contribution >= 4 is 34.9 Å². The van der Waals surface area contributed by atoms with Gasteiger partial charge in [-0.25, -0.2) is 0 Å². The van der Waals surface area contributed by atoms with E-state index in [0.29, 0.717) is 17.0 Å². The first-order valence-corrected chi connectivity index (χ1v) is 11.2. The third-order valence-corrected chi connectivity index (χ3v) is 5.89. The highest BCUT2D eigenvalue weighted by molar-refractivity contribution is 7.98. The van der Waals surface area contributed by atoms with E-state index in [9.17, 15) is 14.4 Å². The average molecular weight is 437 g/mol. The van der Waals surface area contributed by atoms with Gasteiger partial charge in [-0.1, -0.05) is 32.0 Å². The third-order valence-electron chi connectivity index (χ3n) is 5.14. The number of benzene rings is 2. The summed E-state index contributed by atoms with van der Waals surface area (Å²) in [4.78, 5) is 41.6. The van der Waals surface area contributed by atoms with Gasteiger partial charge in [0.2, 0.25) is 5.78 Å². The molecule has 0 radical (unpaired) electrons. The standard InChI is InChI=1S/C24H24N2O4S/c1-15(2)14-19(27)21-22(18-6-4-5-7-20(18)30-13-12-25)26(24(29)23(21)28)16-8-10-17(31-3)11-9-16/h4-11,15,21-22H,13-14H2,1-3H3. The number of rotatable bonds is 8. The quantitative estimate of drug-likeness (QED) is 0.350. The fourth-order valence-electron chi connectivity index (χ4n) is 3.83. The number of hydrogen-bond acceptors (Lipinski definition) is 6. The van der Waals surface area contributed by atoms with Crippen LogP contribution in [-0.4, -0.2) is 30.3 Å². The van der Waals surface area contributed by atoms with Crippen LogP contribution < -0.4 is 9.64 Å². The minimum atomic E-state index is -1.12. The molecule has 3 rings (SSSR count). The fourth-order valence-corrected chi connectivity index (χ4v) is 4.24. The first kappa shape index (κ1) is 22.6. The Morgan fingerprint density at radius 1 is 1.16 bits per heavy atom. The second-order valence-corrected chi connectivity index (χ2v) is 8.59. The average Bonchev–Trinajstić information content (AvgIpc) is 3.02. The van der Waals surface area contributed by atoms with E-state index < -0.39 is 23.7 Å². The molecule has 1 saturated heterocycles. The van der Waals surface area contributed by atoms with E-state index in [1.807, 2.05) is 38.3 Å². The van der Waals surface area contributed by atoms with Crippen LogP contribution in [0.5, 0.6) is 5.75 Å². The van der Waals surface area contributed by atoms with E-state index in [-0.39, 0.29) is 24.7 Å². The molecule has 1 aliphatic rings. The molecular formula is C24H24N2O4S. The van der Waals surface area contributed by atoms with E-state index in [1.54, 1.807) is 48.2 Å². The van der Waals surface area contributed by atoms with Crippen LogP contribution in [0.3, 0.4) is 0 Å². The molecule has 0 N–H and O–H groups in total. The molecule has 160 valence electrons. The lowest BCUT2D eigenvalue weighted by atomic mass is 9.85. The lowest BCUT2D eigenvalue weighted by molar-refractivity contribution is -0.139. The zero-order valence-corrected chi connectivity index (χ0v) is 18.5. The van der Waals surface area contributed by atoms with Crippen LogP contribution in [0.2, 0.25) is 0 Å². The van der Waals surface area contributed by atoms with E-state index in [2.05, 4.69) is 0 Å². The zero-order chi connectivity index (χ0) is 22.5. The van der Waals surface area contributed by atoms with Gasteiger partial charge in [-0.05, 0) is 42.5 Å². The number of nitriles is 1. The van der Waals surface area contributed by atoms with Crippen molar-refractivity contribution in [3.8, 4) is 11.8 Å². The Bertz CT molecular complexity index is 1030. The van der Waals surface area contributed by atoms with Crippen LogP contribution >= 0.6 is 11.8 Å². The Hall–Kier alpha value is -3.11. The van der Waals surface area contributed by atoms with Crippen LogP contribution in [0.15, 0.2) is 53.4 Å². The number of nitrogens with zero attached hydrogens (tertiary/aromatic N) is 2. The SMILES string of the molecule is CSc1ccc(N2C(=O)C(=O)C(C(=O)CC(C)C)C2c2ccccc2OCC#N)cc1. The monoisotopic (exact) mass is 436 g/mol. The van der Waals surface area contributed by atoms with Crippen molar-refractivity contribution in [3.05, 3.63) is 54.1 Å². The van der Waals surface area contributed by atoms with E-state index in [4.69, 9.17) is 10.00 Å². The van der Waals surface area contributed by atoms with Crippen LogP contribution in [0.4, 0.5) is 5.69 Å². The third kappa shape index (κ3) is 4.64. The van der Waals surface area contributed by atoms with Crippen molar-refractivity contribution < 1.29 is 19.1 Å². The van der Waals surface area contributed by atoms with Gasteiger partial charge in [0.1, 0.15) is 23.5 Å². The maximum absolute atomic E-state index is 13.1. The molecule has 6 nitrogen and oxygen atoms in total. The molecule has 31 heavy (non-hydrogen) atoms. The molecule has 0 spiro atoms. The molecule has 0 bridgehead atoms. The van der Waals surface area contributed by atoms with Crippen molar-refractivity contribution in [1.29, 1.82) is 5.26 Å². The molecule has 0 aromatic heterocycles. The van der Waals surface area contributed by atoms with Gasteiger partial charge in [0.25, 0.3) is 5.91 Å². The first-order chi connectivity index (χ1) is 14.9. The van der Waals surface area contributed by atoms with E-state index in [0.717, 1.165) is 4.90 Å². The number of ketones is 2. The molecule has 1 fully saturated rings. The number of carbonyl (C=O) groups excluding carboxylic acids is 3. The summed E-state index contributed by atoms with van der Waals surface area (Å²) in [7, 11) is 0. The Morgan fingerprint density at radius 3 is 2.45 bits per heavy atom. The van der Waals surface area contributed by atoms with Crippen molar-refractivity contribution in [2.24, 2.45) is 11.8 Å². The maximum atomic E-state index is 13.1. The number of Topliss-reactive ketones (excluding diaryl/α,β-unsaturated/α-hetero) is 2. The lowest BCUT2D eigenvalue weighted by Gasteiger charge is -2.28. The number of ether oxygens (including phenoxy) is 1. The number of hydrogen-bond donors (Lipinski definition) is 0. The van der Waals surface area contributed by atoms with Crippen molar-refractivity contribution in [3.63, 3.8) is 0 Å². The lowest BCUT2D eigenvalue weighted by Crippen LogP contribution is -2.31. The Balaban J connectivity index is 2.15. The molecule has 0 saturated carbocycles. The Labute approximate surface area is 186 Å². The molecule has 1 aliphatic heterocycles. The normalized spacial score (nSPS) is 18.4. The van der Waals surface area contributed by atoms with Crippen LogP contribution in [0, 0.1) is 23.2 Å². The summed E-state index contributed by atoms with van der Waals surface area (Å²) in [6.45, 7) is 3.62. The summed E-state index contributed by atoms with van der Waals surface area (Å²) < 4.78 is 5.57. The highest BCUT2D eigenvalue weighted by Gasteiger charge is 2.52.